The first-order valence-electron chi connectivity index (χ1n) is 12.3. The molecule has 2 unspecified atom stereocenters. The van der Waals surface area contributed by atoms with Crippen molar-refractivity contribution in [1.29, 1.82) is 0 Å². The molecule has 0 aliphatic rings. The number of aliphatic hydroxyl groups excluding tert-OH is 2. The molecule has 38 heavy (non-hydrogen) atoms. The Morgan fingerprint density at radius 3 is 2.03 bits per heavy atom. The summed E-state index contributed by atoms with van der Waals surface area (Å²) in [4.78, 5) is 0. The molecule has 0 saturated heterocycles. The number of hydrogen-bond acceptors (Lipinski definition) is 8. The van der Waals surface area contributed by atoms with Crippen LogP contribution in [0.3, 0.4) is 0 Å². The van der Waals surface area contributed by atoms with Crippen LogP contribution < -0.4 is 9.47 Å². The number of ether oxygens (including phenoxy) is 2. The molecule has 2 N–H and O–H groups in total. The van der Waals surface area contributed by atoms with Gasteiger partial charge in [0.2, 0.25) is 0 Å². The molecule has 5 rings (SSSR count). The summed E-state index contributed by atoms with van der Waals surface area (Å²) in [7, 11) is 0. The lowest BCUT2D eigenvalue weighted by Crippen LogP contribution is -2.24. The van der Waals surface area contributed by atoms with Gasteiger partial charge in [0.25, 0.3) is 0 Å². The van der Waals surface area contributed by atoms with Gasteiger partial charge >= 0.3 is 0 Å². The van der Waals surface area contributed by atoms with Crippen LogP contribution in [-0.4, -0.2) is 65.6 Å². The zero-order valence-electron chi connectivity index (χ0n) is 20.6. The Hall–Kier alpha value is -4.54. The van der Waals surface area contributed by atoms with Crippen LogP contribution in [0.2, 0.25) is 0 Å². The van der Waals surface area contributed by atoms with Gasteiger partial charge in [-0.1, -0.05) is 65.0 Å². The first kappa shape index (κ1) is 25.1. The van der Waals surface area contributed by atoms with Crippen molar-refractivity contribution in [3.8, 4) is 34.0 Å². The number of hydrogen-bond donors (Lipinski definition) is 2. The van der Waals surface area contributed by atoms with E-state index in [-0.39, 0.29) is 26.3 Å². The van der Waals surface area contributed by atoms with Crippen molar-refractivity contribution in [3.63, 3.8) is 0 Å². The van der Waals surface area contributed by atoms with E-state index >= 15 is 0 Å². The number of benzene rings is 3. The Bertz CT molecular complexity index is 1420. The van der Waals surface area contributed by atoms with Crippen molar-refractivity contribution >= 4 is 0 Å². The van der Waals surface area contributed by atoms with E-state index in [1.165, 1.54) is 0 Å². The Morgan fingerprint density at radius 1 is 0.711 bits per heavy atom. The largest absolute Gasteiger partial charge is 0.491 e. The highest BCUT2D eigenvalue weighted by atomic mass is 16.5. The van der Waals surface area contributed by atoms with Gasteiger partial charge in [0.15, 0.2) is 0 Å². The van der Waals surface area contributed by atoms with Crippen molar-refractivity contribution in [3.05, 3.63) is 97.3 Å². The van der Waals surface area contributed by atoms with Gasteiger partial charge in [-0.15, -0.1) is 10.2 Å². The molecule has 5 aromatic rings. The summed E-state index contributed by atoms with van der Waals surface area (Å²) in [5.74, 6) is 1.40. The van der Waals surface area contributed by atoms with E-state index in [4.69, 9.17) is 9.47 Å². The topological polar surface area (TPSA) is 120 Å². The maximum atomic E-state index is 10.5. The molecule has 10 nitrogen and oxygen atoms in total. The van der Waals surface area contributed by atoms with Gasteiger partial charge in [0.05, 0.1) is 31.2 Å². The molecule has 0 aliphatic heterocycles. The van der Waals surface area contributed by atoms with Gasteiger partial charge < -0.3 is 19.7 Å². The molecule has 3 aromatic carbocycles. The zero-order valence-corrected chi connectivity index (χ0v) is 20.6. The van der Waals surface area contributed by atoms with Crippen molar-refractivity contribution < 1.29 is 19.7 Å². The van der Waals surface area contributed by atoms with Gasteiger partial charge in [-0.25, -0.2) is 9.36 Å². The summed E-state index contributed by atoms with van der Waals surface area (Å²) in [6.45, 7) is 0.757. The monoisotopic (exact) mass is 512 g/mol. The second-order valence-corrected chi connectivity index (χ2v) is 8.76. The SMILES string of the molecule is OC(COc1ccccc1)Cn1cc(-c2cccc(-c3cnnn3CC(O)COc3ccccc3)c2)nn1. The lowest BCUT2D eigenvalue weighted by atomic mass is 10.1. The van der Waals surface area contributed by atoms with Gasteiger partial charge in [-0.3, -0.25) is 0 Å². The minimum atomic E-state index is -0.768. The maximum Gasteiger partial charge on any atom is 0.119 e. The Morgan fingerprint density at radius 2 is 1.34 bits per heavy atom. The van der Waals surface area contributed by atoms with Gasteiger partial charge in [-0.05, 0) is 30.3 Å². The number of para-hydroxylation sites is 2. The highest BCUT2D eigenvalue weighted by molar-refractivity contribution is 5.68. The number of rotatable bonds is 12. The molecule has 2 heterocycles. The molecule has 0 saturated carbocycles. The fourth-order valence-electron chi connectivity index (χ4n) is 3.91. The van der Waals surface area contributed by atoms with Crippen molar-refractivity contribution in [2.75, 3.05) is 13.2 Å². The highest BCUT2D eigenvalue weighted by Crippen LogP contribution is 2.25. The second-order valence-electron chi connectivity index (χ2n) is 8.76. The number of aliphatic hydroxyl groups is 2. The quantitative estimate of drug-likeness (QED) is 0.262. The third-order valence-corrected chi connectivity index (χ3v) is 5.76. The number of nitrogens with zero attached hydrogens (tertiary/aromatic N) is 6. The highest BCUT2D eigenvalue weighted by Gasteiger charge is 2.15. The minimum absolute atomic E-state index is 0.134. The molecule has 0 bridgehead atoms. The zero-order chi connectivity index (χ0) is 26.2. The van der Waals surface area contributed by atoms with Gasteiger partial charge in [0, 0.05) is 11.1 Å². The summed E-state index contributed by atoms with van der Waals surface area (Å²) in [5, 5.41) is 37.5. The molecule has 0 fully saturated rings. The summed E-state index contributed by atoms with van der Waals surface area (Å²) in [6, 6.07) is 26.5. The summed E-state index contributed by atoms with van der Waals surface area (Å²) in [5.41, 5.74) is 3.14. The van der Waals surface area contributed by atoms with E-state index < -0.39 is 12.2 Å². The van der Waals surface area contributed by atoms with E-state index in [0.717, 1.165) is 16.8 Å². The summed E-state index contributed by atoms with van der Waals surface area (Å²) < 4.78 is 14.5. The van der Waals surface area contributed by atoms with Crippen molar-refractivity contribution in [2.24, 2.45) is 0 Å². The van der Waals surface area contributed by atoms with Gasteiger partial charge in [0.1, 0.15) is 42.6 Å². The summed E-state index contributed by atoms with van der Waals surface area (Å²) >= 11 is 0. The van der Waals surface area contributed by atoms with Crippen LogP contribution in [0.25, 0.3) is 22.5 Å². The van der Waals surface area contributed by atoms with Gasteiger partial charge in [-0.2, -0.15) is 0 Å². The normalized spacial score (nSPS) is 12.7. The molecule has 0 aliphatic carbocycles. The maximum absolute atomic E-state index is 10.5. The van der Waals surface area contributed by atoms with Crippen molar-refractivity contribution in [1.82, 2.24) is 30.0 Å². The van der Waals surface area contributed by atoms with E-state index in [1.807, 2.05) is 84.9 Å². The predicted molar refractivity (Wildman–Crippen MR) is 140 cm³/mol. The Balaban J connectivity index is 1.21. The smallest absolute Gasteiger partial charge is 0.119 e. The third kappa shape index (κ3) is 6.61. The second kappa shape index (κ2) is 12.1. The van der Waals surface area contributed by atoms with E-state index in [1.54, 1.807) is 21.8 Å². The lowest BCUT2D eigenvalue weighted by Gasteiger charge is -2.14. The first-order valence-corrected chi connectivity index (χ1v) is 12.3. The summed E-state index contributed by atoms with van der Waals surface area (Å²) in [6.07, 6.45) is 1.93. The lowest BCUT2D eigenvalue weighted by molar-refractivity contribution is 0.0888. The molecular weight excluding hydrogens is 484 g/mol. The van der Waals surface area contributed by atoms with E-state index in [2.05, 4.69) is 20.6 Å². The van der Waals surface area contributed by atoms with Crippen LogP contribution in [0.4, 0.5) is 0 Å². The van der Waals surface area contributed by atoms with E-state index in [0.29, 0.717) is 17.2 Å². The molecule has 10 heteroatoms. The first-order chi connectivity index (χ1) is 18.6. The van der Waals surface area contributed by atoms with Crippen LogP contribution in [0.15, 0.2) is 97.3 Å². The molecular formula is C28H28N6O4. The molecule has 0 amide bonds. The molecule has 2 atom stereocenters. The third-order valence-electron chi connectivity index (χ3n) is 5.76. The van der Waals surface area contributed by atoms with Crippen LogP contribution in [-0.2, 0) is 13.1 Å². The average molecular weight is 513 g/mol. The Labute approximate surface area is 219 Å². The van der Waals surface area contributed by atoms with Crippen LogP contribution >= 0.6 is 0 Å². The fraction of sp³-hybridized carbons (Fsp3) is 0.214. The minimum Gasteiger partial charge on any atom is -0.491 e. The Kier molecular flexibility index (Phi) is 8.02. The molecule has 0 spiro atoms. The standard InChI is InChI=1S/C28H28N6O4/c35-23(19-37-25-10-3-1-4-11-25)16-33-18-27(30-32-33)21-8-7-9-22(14-21)28-15-29-31-34(28)17-24(36)20-38-26-12-5-2-6-13-26/h1-15,18,23-24,35-36H,16-17,19-20H2. The molecule has 0 radical (unpaired) electrons. The molecule has 194 valence electrons. The number of aromatic nitrogens is 6. The van der Waals surface area contributed by atoms with Crippen LogP contribution in [0.1, 0.15) is 0 Å². The van der Waals surface area contributed by atoms with Crippen LogP contribution in [0, 0.1) is 0 Å². The van der Waals surface area contributed by atoms with E-state index in [9.17, 15) is 10.2 Å². The predicted octanol–water partition coefficient (Wildman–Crippen LogP) is 3.08. The van der Waals surface area contributed by atoms with Crippen molar-refractivity contribution in [2.45, 2.75) is 25.3 Å². The fourth-order valence-corrected chi connectivity index (χ4v) is 3.91. The average Bonchev–Trinajstić information content (AvgIpc) is 3.62. The molecule has 2 aromatic heterocycles. The van der Waals surface area contributed by atoms with Crippen LogP contribution in [0.5, 0.6) is 11.5 Å².